The molecular formula is C11H17NOS. The second kappa shape index (κ2) is 4.91. The lowest BCUT2D eigenvalue weighted by atomic mass is 9.98. The van der Waals surface area contributed by atoms with E-state index in [1.54, 1.807) is 0 Å². The minimum Gasteiger partial charge on any atom is -0.381 e. The Labute approximate surface area is 89.3 Å². The lowest BCUT2D eigenvalue weighted by Crippen LogP contribution is -2.13. The highest BCUT2D eigenvalue weighted by atomic mass is 32.1. The van der Waals surface area contributed by atoms with Crippen LogP contribution in [-0.4, -0.2) is 19.8 Å². The molecular weight excluding hydrogens is 194 g/mol. The summed E-state index contributed by atoms with van der Waals surface area (Å²) in [6, 6.07) is 0. The third-order valence-corrected chi connectivity index (χ3v) is 3.52. The van der Waals surface area contributed by atoms with Gasteiger partial charge in [-0.2, -0.15) is 11.3 Å². The van der Waals surface area contributed by atoms with Crippen LogP contribution in [0.4, 0.5) is 0 Å². The Hall–Kier alpha value is -0.380. The normalized spacial score (nSPS) is 21.6. The fraction of sp³-hybridized carbons (Fsp3) is 0.636. The molecule has 0 aromatic carbocycles. The third-order valence-electron chi connectivity index (χ3n) is 2.71. The van der Waals surface area contributed by atoms with Gasteiger partial charge in [0, 0.05) is 19.1 Å². The van der Waals surface area contributed by atoms with Crippen molar-refractivity contribution >= 4 is 11.3 Å². The van der Waals surface area contributed by atoms with Crippen molar-refractivity contribution in [3.8, 4) is 0 Å². The van der Waals surface area contributed by atoms with Crippen LogP contribution in [0.3, 0.4) is 0 Å². The fourth-order valence-corrected chi connectivity index (χ4v) is 2.82. The van der Waals surface area contributed by atoms with Crippen molar-refractivity contribution in [2.45, 2.75) is 25.8 Å². The van der Waals surface area contributed by atoms with E-state index >= 15 is 0 Å². The smallest absolute Gasteiger partial charge is 0.0535 e. The summed E-state index contributed by atoms with van der Waals surface area (Å²) in [5, 5.41) is 7.92. The fourth-order valence-electron chi connectivity index (χ4n) is 1.87. The molecule has 1 atom stereocenters. The van der Waals surface area contributed by atoms with E-state index in [4.69, 9.17) is 4.74 Å². The summed E-state index contributed by atoms with van der Waals surface area (Å²) in [4.78, 5) is 0. The summed E-state index contributed by atoms with van der Waals surface area (Å²) in [5.41, 5.74) is 2.97. The van der Waals surface area contributed by atoms with Gasteiger partial charge in [0.15, 0.2) is 0 Å². The van der Waals surface area contributed by atoms with Gasteiger partial charge in [0.1, 0.15) is 0 Å². The van der Waals surface area contributed by atoms with Crippen molar-refractivity contribution in [1.29, 1.82) is 0 Å². The Morgan fingerprint density at radius 1 is 1.57 bits per heavy atom. The number of thiophene rings is 1. The zero-order chi connectivity index (χ0) is 9.80. The first kappa shape index (κ1) is 10.1. The number of ether oxygens (including phenoxy) is 1. The molecule has 0 bridgehead atoms. The van der Waals surface area contributed by atoms with Gasteiger partial charge in [-0.05, 0) is 34.9 Å². The largest absolute Gasteiger partial charge is 0.381 e. The molecule has 1 fully saturated rings. The maximum Gasteiger partial charge on any atom is 0.0535 e. The summed E-state index contributed by atoms with van der Waals surface area (Å²) in [6.07, 6.45) is 1.19. The van der Waals surface area contributed by atoms with E-state index < -0.39 is 0 Å². The van der Waals surface area contributed by atoms with Gasteiger partial charge in [0.25, 0.3) is 0 Å². The molecule has 0 spiro atoms. The highest BCUT2D eigenvalue weighted by Gasteiger charge is 2.20. The van der Waals surface area contributed by atoms with Gasteiger partial charge in [-0.1, -0.05) is 6.92 Å². The van der Waals surface area contributed by atoms with Crippen LogP contribution in [0.5, 0.6) is 0 Å². The molecule has 2 nitrogen and oxygen atoms in total. The van der Waals surface area contributed by atoms with Gasteiger partial charge in [-0.3, -0.25) is 0 Å². The van der Waals surface area contributed by atoms with Crippen molar-refractivity contribution in [2.24, 2.45) is 0 Å². The molecule has 0 amide bonds. The van der Waals surface area contributed by atoms with Crippen LogP contribution in [0.25, 0.3) is 0 Å². The third kappa shape index (κ3) is 2.16. The van der Waals surface area contributed by atoms with Gasteiger partial charge in [-0.15, -0.1) is 0 Å². The van der Waals surface area contributed by atoms with E-state index in [-0.39, 0.29) is 0 Å². The first-order chi connectivity index (χ1) is 6.92. The second-order valence-electron chi connectivity index (χ2n) is 3.69. The molecule has 1 aliphatic heterocycles. The zero-order valence-corrected chi connectivity index (χ0v) is 9.40. The lowest BCUT2D eigenvalue weighted by Gasteiger charge is -2.09. The van der Waals surface area contributed by atoms with Gasteiger partial charge >= 0.3 is 0 Å². The average molecular weight is 211 g/mol. The Kier molecular flexibility index (Phi) is 3.56. The van der Waals surface area contributed by atoms with E-state index in [0.717, 1.165) is 26.3 Å². The first-order valence-corrected chi connectivity index (χ1v) is 6.19. The predicted octanol–water partition coefficient (Wildman–Crippen LogP) is 2.36. The van der Waals surface area contributed by atoms with Crippen molar-refractivity contribution in [3.63, 3.8) is 0 Å². The summed E-state index contributed by atoms with van der Waals surface area (Å²) < 4.78 is 5.42. The predicted molar refractivity (Wildman–Crippen MR) is 59.9 cm³/mol. The molecule has 1 saturated heterocycles. The maximum absolute atomic E-state index is 5.42. The van der Waals surface area contributed by atoms with Crippen molar-refractivity contribution in [3.05, 3.63) is 21.9 Å². The maximum atomic E-state index is 5.42. The molecule has 1 unspecified atom stereocenters. The Morgan fingerprint density at radius 2 is 2.50 bits per heavy atom. The molecule has 2 heterocycles. The van der Waals surface area contributed by atoms with Crippen LogP contribution >= 0.6 is 11.3 Å². The SMILES string of the molecule is CCNCc1cscc1C1CCOC1. The summed E-state index contributed by atoms with van der Waals surface area (Å²) in [7, 11) is 0. The molecule has 2 rings (SSSR count). The molecule has 1 N–H and O–H groups in total. The molecule has 1 aromatic heterocycles. The van der Waals surface area contributed by atoms with Gasteiger partial charge < -0.3 is 10.1 Å². The summed E-state index contributed by atoms with van der Waals surface area (Å²) in [6.45, 7) is 6.03. The van der Waals surface area contributed by atoms with Crippen LogP contribution in [0.15, 0.2) is 10.8 Å². The van der Waals surface area contributed by atoms with E-state index in [0.29, 0.717) is 5.92 Å². The topological polar surface area (TPSA) is 21.3 Å². The highest BCUT2D eigenvalue weighted by Crippen LogP contribution is 2.30. The zero-order valence-electron chi connectivity index (χ0n) is 8.58. The van der Waals surface area contributed by atoms with Crippen molar-refractivity contribution < 1.29 is 4.74 Å². The minimum atomic E-state index is 0.648. The Morgan fingerprint density at radius 3 is 3.21 bits per heavy atom. The van der Waals surface area contributed by atoms with Crippen LogP contribution < -0.4 is 5.32 Å². The second-order valence-corrected chi connectivity index (χ2v) is 4.44. The summed E-state index contributed by atoms with van der Waals surface area (Å²) >= 11 is 1.81. The number of hydrogen-bond acceptors (Lipinski definition) is 3. The summed E-state index contributed by atoms with van der Waals surface area (Å²) in [5.74, 6) is 0.648. The molecule has 3 heteroatoms. The quantitative estimate of drug-likeness (QED) is 0.825. The van der Waals surface area contributed by atoms with Crippen molar-refractivity contribution in [1.82, 2.24) is 5.32 Å². The molecule has 0 radical (unpaired) electrons. The average Bonchev–Trinajstić information content (AvgIpc) is 2.84. The van der Waals surface area contributed by atoms with E-state index in [1.807, 2.05) is 11.3 Å². The van der Waals surface area contributed by atoms with Gasteiger partial charge in [0.2, 0.25) is 0 Å². The van der Waals surface area contributed by atoms with Gasteiger partial charge in [0.05, 0.1) is 6.61 Å². The van der Waals surface area contributed by atoms with E-state index in [1.165, 1.54) is 17.5 Å². The van der Waals surface area contributed by atoms with Gasteiger partial charge in [-0.25, -0.2) is 0 Å². The van der Waals surface area contributed by atoms with Crippen molar-refractivity contribution in [2.75, 3.05) is 19.8 Å². The molecule has 0 saturated carbocycles. The lowest BCUT2D eigenvalue weighted by molar-refractivity contribution is 0.194. The number of rotatable bonds is 4. The Balaban J connectivity index is 2.04. The Bertz CT molecular complexity index is 279. The molecule has 1 aliphatic rings. The molecule has 0 aliphatic carbocycles. The number of nitrogens with one attached hydrogen (secondary N) is 1. The van der Waals surface area contributed by atoms with Crippen LogP contribution in [0, 0.1) is 0 Å². The first-order valence-electron chi connectivity index (χ1n) is 5.25. The standard InChI is InChI=1S/C11H17NOS/c1-2-12-5-10-7-14-8-11(10)9-3-4-13-6-9/h7-9,12H,2-6H2,1H3. The highest BCUT2D eigenvalue weighted by molar-refractivity contribution is 7.08. The molecule has 14 heavy (non-hydrogen) atoms. The van der Waals surface area contributed by atoms with Crippen LogP contribution in [0.2, 0.25) is 0 Å². The van der Waals surface area contributed by atoms with Crippen LogP contribution in [0.1, 0.15) is 30.4 Å². The van der Waals surface area contributed by atoms with E-state index in [9.17, 15) is 0 Å². The molecule has 1 aromatic rings. The monoisotopic (exact) mass is 211 g/mol. The van der Waals surface area contributed by atoms with Crippen LogP contribution in [-0.2, 0) is 11.3 Å². The molecule has 78 valence electrons. The minimum absolute atomic E-state index is 0.648. The number of hydrogen-bond donors (Lipinski definition) is 1. The van der Waals surface area contributed by atoms with E-state index in [2.05, 4.69) is 23.0 Å².